The highest BCUT2D eigenvalue weighted by molar-refractivity contribution is 7.10. The molecule has 7 heteroatoms. The Morgan fingerprint density at radius 2 is 1.76 bits per heavy atom. The van der Waals surface area contributed by atoms with Crippen LogP contribution in [0, 0.1) is 0 Å². The van der Waals surface area contributed by atoms with Crippen molar-refractivity contribution >= 4 is 45.8 Å². The van der Waals surface area contributed by atoms with Gasteiger partial charge in [-0.3, -0.25) is 9.59 Å². The van der Waals surface area contributed by atoms with E-state index in [9.17, 15) is 9.59 Å². The quantitative estimate of drug-likeness (QED) is 0.516. The van der Waals surface area contributed by atoms with E-state index >= 15 is 0 Å². The van der Waals surface area contributed by atoms with E-state index in [1.54, 1.807) is 38.9 Å². The van der Waals surface area contributed by atoms with Crippen molar-refractivity contribution < 1.29 is 9.59 Å². The average Bonchev–Trinajstić information content (AvgIpc) is 3.49. The van der Waals surface area contributed by atoms with Crippen molar-refractivity contribution in [3.63, 3.8) is 0 Å². The van der Waals surface area contributed by atoms with Gasteiger partial charge in [0, 0.05) is 15.8 Å². The van der Waals surface area contributed by atoms with Crippen LogP contribution in [0.15, 0.2) is 51.9 Å². The molecule has 0 bridgehead atoms. The predicted octanol–water partition coefficient (Wildman–Crippen LogP) is 5.24. The monoisotopic (exact) mass is 444 g/mol. The molecule has 3 aromatic rings. The number of rotatable bonds is 8. The molecule has 1 unspecified atom stereocenters. The minimum Gasteiger partial charge on any atom is -0.351 e. The van der Waals surface area contributed by atoms with E-state index in [0.29, 0.717) is 13.0 Å². The standard InChI is InChI=1S/C22H24N2O2S3/c25-20(13-18-7-3-10-28-18)24(14-19-8-4-11-29-19)21(16-9-12-27-15-16)22(26)23-17-5-1-2-6-17/h3-4,7-12,15,17,21H,1-2,5-6,13-14H2,(H,23,26). The van der Waals surface area contributed by atoms with E-state index in [1.165, 1.54) is 0 Å². The number of carbonyl (C=O) groups is 2. The Morgan fingerprint density at radius 1 is 1.03 bits per heavy atom. The van der Waals surface area contributed by atoms with Crippen LogP contribution < -0.4 is 5.32 Å². The topological polar surface area (TPSA) is 49.4 Å². The van der Waals surface area contributed by atoms with Crippen LogP contribution in [0.5, 0.6) is 0 Å². The zero-order valence-electron chi connectivity index (χ0n) is 16.1. The fourth-order valence-corrected chi connectivity index (χ4v) is 5.89. The van der Waals surface area contributed by atoms with E-state index in [0.717, 1.165) is 41.0 Å². The zero-order chi connectivity index (χ0) is 20.1. The van der Waals surface area contributed by atoms with Gasteiger partial charge in [0.15, 0.2) is 0 Å². The van der Waals surface area contributed by atoms with Crippen molar-refractivity contribution in [3.05, 3.63) is 67.2 Å². The minimum atomic E-state index is -0.601. The number of hydrogen-bond donors (Lipinski definition) is 1. The summed E-state index contributed by atoms with van der Waals surface area (Å²) < 4.78 is 0. The van der Waals surface area contributed by atoms with Gasteiger partial charge < -0.3 is 10.2 Å². The first kappa shape index (κ1) is 20.3. The average molecular weight is 445 g/mol. The SMILES string of the molecule is O=C(NC1CCCC1)C(c1ccsc1)N(Cc1cccs1)C(=O)Cc1cccs1. The first-order valence-corrected chi connectivity index (χ1v) is 12.6. The van der Waals surface area contributed by atoms with Crippen LogP contribution in [0.1, 0.15) is 47.0 Å². The van der Waals surface area contributed by atoms with Gasteiger partial charge in [0.1, 0.15) is 6.04 Å². The zero-order valence-corrected chi connectivity index (χ0v) is 18.5. The summed E-state index contributed by atoms with van der Waals surface area (Å²) in [4.78, 5) is 30.6. The first-order valence-electron chi connectivity index (χ1n) is 9.87. The predicted molar refractivity (Wildman–Crippen MR) is 120 cm³/mol. The van der Waals surface area contributed by atoms with Crippen LogP contribution in [0.25, 0.3) is 0 Å². The third-order valence-electron chi connectivity index (χ3n) is 5.25. The molecule has 0 saturated heterocycles. The van der Waals surface area contributed by atoms with Crippen LogP contribution in [0.3, 0.4) is 0 Å². The Hall–Kier alpha value is -1.96. The normalized spacial score (nSPS) is 15.3. The molecule has 152 valence electrons. The maximum Gasteiger partial charge on any atom is 0.247 e. The molecule has 1 aliphatic carbocycles. The van der Waals surface area contributed by atoms with Gasteiger partial charge in [0.2, 0.25) is 11.8 Å². The molecule has 1 fully saturated rings. The molecular weight excluding hydrogens is 420 g/mol. The minimum absolute atomic E-state index is 0.0152. The third-order valence-corrected chi connectivity index (χ3v) is 7.69. The second-order valence-electron chi connectivity index (χ2n) is 7.31. The summed E-state index contributed by atoms with van der Waals surface area (Å²) in [6, 6.07) is 9.53. The van der Waals surface area contributed by atoms with E-state index < -0.39 is 6.04 Å². The van der Waals surface area contributed by atoms with Crippen LogP contribution in [-0.4, -0.2) is 22.8 Å². The van der Waals surface area contributed by atoms with Gasteiger partial charge in [-0.1, -0.05) is 25.0 Å². The van der Waals surface area contributed by atoms with E-state index in [-0.39, 0.29) is 17.9 Å². The van der Waals surface area contributed by atoms with Crippen molar-refractivity contribution in [2.75, 3.05) is 0 Å². The molecule has 0 aliphatic heterocycles. The second-order valence-corrected chi connectivity index (χ2v) is 10.2. The molecule has 3 heterocycles. The molecule has 1 saturated carbocycles. The van der Waals surface area contributed by atoms with E-state index in [2.05, 4.69) is 5.32 Å². The largest absolute Gasteiger partial charge is 0.351 e. The fraction of sp³-hybridized carbons (Fsp3) is 0.364. The summed E-state index contributed by atoms with van der Waals surface area (Å²) in [6.07, 6.45) is 4.68. The summed E-state index contributed by atoms with van der Waals surface area (Å²) >= 11 is 4.75. The van der Waals surface area contributed by atoms with Crippen molar-refractivity contribution in [1.82, 2.24) is 10.2 Å². The molecular formula is C22H24N2O2S3. The number of amides is 2. The number of nitrogens with zero attached hydrogens (tertiary/aromatic N) is 1. The lowest BCUT2D eigenvalue weighted by molar-refractivity contribution is -0.141. The Bertz CT molecular complexity index is 898. The van der Waals surface area contributed by atoms with Crippen molar-refractivity contribution in [3.8, 4) is 0 Å². The molecule has 29 heavy (non-hydrogen) atoms. The van der Waals surface area contributed by atoms with Crippen molar-refractivity contribution in [2.24, 2.45) is 0 Å². The van der Waals surface area contributed by atoms with Crippen molar-refractivity contribution in [2.45, 2.75) is 50.7 Å². The van der Waals surface area contributed by atoms with Crippen LogP contribution in [0.4, 0.5) is 0 Å². The lowest BCUT2D eigenvalue weighted by atomic mass is 10.1. The molecule has 0 aromatic carbocycles. The van der Waals surface area contributed by atoms with Gasteiger partial charge in [0.25, 0.3) is 0 Å². The smallest absolute Gasteiger partial charge is 0.247 e. The lowest BCUT2D eigenvalue weighted by Gasteiger charge is -2.31. The summed E-state index contributed by atoms with van der Waals surface area (Å²) in [5.41, 5.74) is 0.890. The van der Waals surface area contributed by atoms with Gasteiger partial charge in [0.05, 0.1) is 13.0 Å². The lowest BCUT2D eigenvalue weighted by Crippen LogP contribution is -2.46. The molecule has 1 atom stereocenters. The Kier molecular flexibility index (Phi) is 6.79. The van der Waals surface area contributed by atoms with Crippen LogP contribution in [-0.2, 0) is 22.6 Å². The highest BCUT2D eigenvalue weighted by Gasteiger charge is 2.33. The molecule has 4 rings (SSSR count). The third kappa shape index (κ3) is 5.15. The van der Waals surface area contributed by atoms with Gasteiger partial charge in [-0.05, 0) is 58.1 Å². The number of thiophene rings is 3. The molecule has 1 aliphatic rings. The second kappa shape index (κ2) is 9.69. The highest BCUT2D eigenvalue weighted by Crippen LogP contribution is 2.29. The van der Waals surface area contributed by atoms with Crippen LogP contribution >= 0.6 is 34.0 Å². The summed E-state index contributed by atoms with van der Waals surface area (Å²) in [6.45, 7) is 0.445. The molecule has 4 nitrogen and oxygen atoms in total. The number of carbonyl (C=O) groups excluding carboxylic acids is 2. The summed E-state index contributed by atoms with van der Waals surface area (Å²) in [5.74, 6) is -0.0787. The van der Waals surface area contributed by atoms with E-state index in [4.69, 9.17) is 0 Å². The molecule has 1 N–H and O–H groups in total. The fourth-order valence-electron chi connectivity index (χ4n) is 3.81. The number of nitrogens with one attached hydrogen (secondary N) is 1. The highest BCUT2D eigenvalue weighted by atomic mass is 32.1. The van der Waals surface area contributed by atoms with Crippen LogP contribution in [0.2, 0.25) is 0 Å². The Morgan fingerprint density at radius 3 is 2.38 bits per heavy atom. The Balaban J connectivity index is 1.62. The van der Waals surface area contributed by atoms with E-state index in [1.807, 2.05) is 51.9 Å². The first-order chi connectivity index (χ1) is 14.2. The summed E-state index contributed by atoms with van der Waals surface area (Å²) in [7, 11) is 0. The molecule has 0 spiro atoms. The number of hydrogen-bond acceptors (Lipinski definition) is 5. The maximum absolute atomic E-state index is 13.4. The van der Waals surface area contributed by atoms with Gasteiger partial charge in [-0.15, -0.1) is 22.7 Å². The molecule has 0 radical (unpaired) electrons. The Labute approximate surface area is 183 Å². The van der Waals surface area contributed by atoms with Gasteiger partial charge >= 0.3 is 0 Å². The van der Waals surface area contributed by atoms with Gasteiger partial charge in [-0.2, -0.15) is 11.3 Å². The molecule has 2 amide bonds. The van der Waals surface area contributed by atoms with Gasteiger partial charge in [-0.25, -0.2) is 0 Å². The summed E-state index contributed by atoms with van der Waals surface area (Å²) in [5, 5.41) is 11.2. The maximum atomic E-state index is 13.4. The molecule has 3 aromatic heterocycles. The van der Waals surface area contributed by atoms with Crippen molar-refractivity contribution in [1.29, 1.82) is 0 Å².